The first-order chi connectivity index (χ1) is 11.7. The summed E-state index contributed by atoms with van der Waals surface area (Å²) in [4.78, 5) is 8.94. The van der Waals surface area contributed by atoms with Crippen LogP contribution in [0.4, 0.5) is 5.69 Å². The van der Waals surface area contributed by atoms with Crippen LogP contribution < -0.4 is 4.90 Å². The highest BCUT2D eigenvalue weighted by Gasteiger charge is 2.21. The number of anilines is 1. The highest BCUT2D eigenvalue weighted by Crippen LogP contribution is 2.36. The number of halogens is 1. The lowest BCUT2D eigenvalue weighted by atomic mass is 10.2. The largest absolute Gasteiger partial charge is 0.504 e. The molecule has 0 aliphatic carbocycles. The molecule has 0 spiro atoms. The first-order valence-electron chi connectivity index (χ1n) is 7.97. The van der Waals surface area contributed by atoms with Crippen molar-refractivity contribution in [1.29, 1.82) is 0 Å². The summed E-state index contributed by atoms with van der Waals surface area (Å²) in [5, 5.41) is 11.3. The van der Waals surface area contributed by atoms with E-state index in [2.05, 4.69) is 26.9 Å². The van der Waals surface area contributed by atoms with Crippen molar-refractivity contribution >= 4 is 38.8 Å². The van der Waals surface area contributed by atoms with Gasteiger partial charge in [-0.3, -0.25) is 4.90 Å². The Hall–Kier alpha value is -1.82. The SMILES string of the molecule is Oc1c(N2CCN(Cc3ccc(Cl)cc3)CC2)ccc2scnc12. The second-order valence-electron chi connectivity index (χ2n) is 6.02. The first kappa shape index (κ1) is 15.7. The van der Waals surface area contributed by atoms with Crippen LogP contribution in [0.1, 0.15) is 5.56 Å². The van der Waals surface area contributed by atoms with Gasteiger partial charge in [0.1, 0.15) is 5.52 Å². The molecule has 0 atom stereocenters. The molecule has 3 aromatic rings. The van der Waals surface area contributed by atoms with Crippen molar-refractivity contribution in [3.63, 3.8) is 0 Å². The van der Waals surface area contributed by atoms with Crippen LogP contribution in [-0.4, -0.2) is 41.2 Å². The predicted molar refractivity (Wildman–Crippen MR) is 100 cm³/mol. The quantitative estimate of drug-likeness (QED) is 0.767. The number of aromatic hydroxyl groups is 1. The molecule has 4 rings (SSSR count). The topological polar surface area (TPSA) is 39.6 Å². The number of phenolic OH excluding ortho intramolecular Hbond substituents is 1. The van der Waals surface area contributed by atoms with Crippen molar-refractivity contribution in [1.82, 2.24) is 9.88 Å². The zero-order chi connectivity index (χ0) is 16.5. The van der Waals surface area contributed by atoms with E-state index in [4.69, 9.17) is 11.6 Å². The smallest absolute Gasteiger partial charge is 0.166 e. The minimum Gasteiger partial charge on any atom is -0.504 e. The van der Waals surface area contributed by atoms with Crippen molar-refractivity contribution in [2.24, 2.45) is 0 Å². The molecule has 1 aliphatic rings. The van der Waals surface area contributed by atoms with Crippen LogP contribution in [0.3, 0.4) is 0 Å². The summed E-state index contributed by atoms with van der Waals surface area (Å²) in [6, 6.07) is 12.1. The molecule has 0 unspecified atom stereocenters. The summed E-state index contributed by atoms with van der Waals surface area (Å²) in [5.41, 5.74) is 4.65. The maximum atomic E-state index is 10.5. The molecule has 1 N–H and O–H groups in total. The molecule has 6 heteroatoms. The number of nitrogens with zero attached hydrogens (tertiary/aromatic N) is 3. The lowest BCUT2D eigenvalue weighted by Gasteiger charge is -2.36. The van der Waals surface area contributed by atoms with Gasteiger partial charge in [0.25, 0.3) is 0 Å². The molecule has 1 aromatic heterocycles. The third kappa shape index (κ3) is 3.07. The summed E-state index contributed by atoms with van der Waals surface area (Å²) in [6.07, 6.45) is 0. The minimum absolute atomic E-state index is 0.305. The zero-order valence-corrected chi connectivity index (χ0v) is 14.7. The maximum absolute atomic E-state index is 10.5. The van der Waals surface area contributed by atoms with Crippen LogP contribution in [0.2, 0.25) is 5.02 Å². The molecule has 124 valence electrons. The molecular weight excluding hydrogens is 342 g/mol. The molecule has 0 bridgehead atoms. The molecule has 0 saturated carbocycles. The fraction of sp³-hybridized carbons (Fsp3) is 0.278. The molecule has 1 saturated heterocycles. The van der Waals surface area contributed by atoms with E-state index in [1.165, 1.54) is 5.56 Å². The van der Waals surface area contributed by atoms with Crippen molar-refractivity contribution in [2.75, 3.05) is 31.1 Å². The Morgan fingerprint density at radius 2 is 1.79 bits per heavy atom. The van der Waals surface area contributed by atoms with Crippen LogP contribution in [0.25, 0.3) is 10.2 Å². The standard InChI is InChI=1S/C18H18ClN3OS/c19-14-3-1-13(2-4-14)11-21-7-9-22(10-8-21)15-5-6-16-17(18(15)23)20-12-24-16/h1-6,12,23H,7-11H2. The van der Waals surface area contributed by atoms with Gasteiger partial charge < -0.3 is 10.0 Å². The molecule has 1 aliphatic heterocycles. The van der Waals surface area contributed by atoms with Crippen LogP contribution in [0.5, 0.6) is 5.75 Å². The molecule has 4 nitrogen and oxygen atoms in total. The lowest BCUT2D eigenvalue weighted by molar-refractivity contribution is 0.249. The Balaban J connectivity index is 1.43. The Morgan fingerprint density at radius 3 is 2.54 bits per heavy atom. The van der Waals surface area contributed by atoms with Crippen molar-refractivity contribution in [3.05, 3.63) is 52.5 Å². The van der Waals surface area contributed by atoms with Gasteiger partial charge in [-0.15, -0.1) is 11.3 Å². The number of phenols is 1. The van der Waals surface area contributed by atoms with E-state index in [-0.39, 0.29) is 0 Å². The van der Waals surface area contributed by atoms with E-state index >= 15 is 0 Å². The second-order valence-corrected chi connectivity index (χ2v) is 7.34. The third-order valence-electron chi connectivity index (χ3n) is 4.49. The van der Waals surface area contributed by atoms with Crippen LogP contribution in [-0.2, 0) is 6.54 Å². The fourth-order valence-corrected chi connectivity index (χ4v) is 3.96. The number of rotatable bonds is 3. The van der Waals surface area contributed by atoms with Gasteiger partial charge in [0, 0.05) is 37.7 Å². The minimum atomic E-state index is 0.305. The summed E-state index contributed by atoms with van der Waals surface area (Å²) in [6.45, 7) is 4.67. The zero-order valence-electron chi connectivity index (χ0n) is 13.2. The molecule has 2 heterocycles. The number of aromatic nitrogens is 1. The van der Waals surface area contributed by atoms with Gasteiger partial charge in [-0.2, -0.15) is 0 Å². The van der Waals surface area contributed by atoms with E-state index in [9.17, 15) is 5.11 Å². The Bertz CT molecular complexity index is 841. The Morgan fingerprint density at radius 1 is 1.04 bits per heavy atom. The highest BCUT2D eigenvalue weighted by atomic mass is 35.5. The van der Waals surface area contributed by atoms with Crippen molar-refractivity contribution < 1.29 is 5.11 Å². The Kier molecular flexibility index (Phi) is 4.31. The summed E-state index contributed by atoms with van der Waals surface area (Å²) in [7, 11) is 0. The van der Waals surface area contributed by atoms with Crippen molar-refractivity contribution in [2.45, 2.75) is 6.54 Å². The van der Waals surface area contributed by atoms with Gasteiger partial charge in [0.05, 0.1) is 15.9 Å². The first-order valence-corrected chi connectivity index (χ1v) is 9.23. The predicted octanol–water partition coefficient (Wildman–Crippen LogP) is 3.98. The molecule has 0 radical (unpaired) electrons. The van der Waals surface area contributed by atoms with Crippen LogP contribution in [0.15, 0.2) is 41.9 Å². The molecule has 2 aromatic carbocycles. The van der Waals surface area contributed by atoms with E-state index in [1.807, 2.05) is 24.3 Å². The molecule has 0 amide bonds. The normalized spacial score (nSPS) is 16.0. The lowest BCUT2D eigenvalue weighted by Crippen LogP contribution is -2.46. The van der Waals surface area contributed by atoms with E-state index < -0.39 is 0 Å². The summed E-state index contributed by atoms with van der Waals surface area (Å²) >= 11 is 7.49. The summed E-state index contributed by atoms with van der Waals surface area (Å²) < 4.78 is 1.03. The third-order valence-corrected chi connectivity index (χ3v) is 5.53. The van der Waals surface area contributed by atoms with Gasteiger partial charge in [-0.05, 0) is 29.8 Å². The number of hydrogen-bond acceptors (Lipinski definition) is 5. The van der Waals surface area contributed by atoms with Gasteiger partial charge >= 0.3 is 0 Å². The monoisotopic (exact) mass is 359 g/mol. The van der Waals surface area contributed by atoms with Crippen LogP contribution in [0, 0.1) is 0 Å². The second kappa shape index (κ2) is 6.59. The van der Waals surface area contributed by atoms with E-state index in [0.29, 0.717) is 11.3 Å². The van der Waals surface area contributed by atoms with Gasteiger partial charge in [-0.25, -0.2) is 4.98 Å². The number of benzene rings is 2. The van der Waals surface area contributed by atoms with E-state index in [0.717, 1.165) is 48.1 Å². The number of fused-ring (bicyclic) bond motifs is 1. The number of hydrogen-bond donors (Lipinski definition) is 1. The number of thiazole rings is 1. The molecule has 24 heavy (non-hydrogen) atoms. The highest BCUT2D eigenvalue weighted by molar-refractivity contribution is 7.16. The van der Waals surface area contributed by atoms with Gasteiger partial charge in [0.2, 0.25) is 0 Å². The van der Waals surface area contributed by atoms with Crippen molar-refractivity contribution in [3.8, 4) is 5.75 Å². The maximum Gasteiger partial charge on any atom is 0.166 e. The fourth-order valence-electron chi connectivity index (χ4n) is 3.16. The van der Waals surface area contributed by atoms with Crippen LogP contribution >= 0.6 is 22.9 Å². The average Bonchev–Trinajstić information content (AvgIpc) is 3.08. The van der Waals surface area contributed by atoms with Gasteiger partial charge in [-0.1, -0.05) is 23.7 Å². The molecular formula is C18H18ClN3OS. The molecule has 1 fully saturated rings. The summed E-state index contributed by atoms with van der Waals surface area (Å²) in [5.74, 6) is 0.305. The average molecular weight is 360 g/mol. The van der Waals surface area contributed by atoms with Gasteiger partial charge in [0.15, 0.2) is 5.75 Å². The number of piperazine rings is 1. The Labute approximate surface area is 149 Å². The van der Waals surface area contributed by atoms with E-state index in [1.54, 1.807) is 16.8 Å².